The van der Waals surface area contributed by atoms with Crippen LogP contribution in [0.5, 0.6) is 0 Å². The minimum Gasteiger partial charge on any atom is -0.633 e. The summed E-state index contributed by atoms with van der Waals surface area (Å²) in [5.41, 5.74) is 0. The Morgan fingerprint density at radius 1 is 1.50 bits per heavy atom. The van der Waals surface area contributed by atoms with Gasteiger partial charge in [-0.05, 0) is 0 Å². The molecule has 1 nitrogen and oxygen atoms in total. The van der Waals surface area contributed by atoms with Crippen LogP contribution < -0.4 is 23.7 Å². The normalized spacial score (nSPS) is 9.00. The molecule has 0 unspecified atom stereocenters. The number of hydrogen-bond acceptors (Lipinski definition) is 1. The summed E-state index contributed by atoms with van der Waals surface area (Å²) >= 11 is -1.51. The van der Waals surface area contributed by atoms with Crippen molar-refractivity contribution >= 4 is 0 Å². The predicted molar refractivity (Wildman–Crippen MR) is 11.8 cm³/mol. The fourth-order valence-corrected chi connectivity index (χ4v) is 0. The smallest absolute Gasteiger partial charge is 0.0900 e. The minimum absolute atomic E-state index is 1.51. The van der Waals surface area contributed by atoms with Gasteiger partial charge < -0.3 is 3.44 Å². The Balaban J connectivity index is 2.32. The highest BCUT2D eigenvalue weighted by Gasteiger charge is 1.69. The van der Waals surface area contributed by atoms with Gasteiger partial charge in [0.05, 0.1) is 9.86 Å². The fraction of sp³-hybridized carbons (Fsp3) is 1.00. The van der Waals surface area contributed by atoms with Crippen LogP contribution in [0.25, 0.3) is 0 Å². The lowest BCUT2D eigenvalue weighted by Crippen LogP contribution is -3.90. The van der Waals surface area contributed by atoms with Crippen molar-refractivity contribution < 1.29 is 23.7 Å². The third-order valence-corrected chi connectivity index (χ3v) is 0. The Kier molecular flexibility index (Phi) is 2.30. The monoisotopic (exact) mass is 173 g/mol. The van der Waals surface area contributed by atoms with E-state index < -0.39 is 20.2 Å². The molecule has 1 radical (unpaired) electrons. The average molecular weight is 173 g/mol. The van der Waals surface area contributed by atoms with Gasteiger partial charge >= 0.3 is 0 Å². The summed E-state index contributed by atoms with van der Waals surface area (Å²) in [5, 5.41) is 0. The van der Waals surface area contributed by atoms with Crippen LogP contribution in [0.15, 0.2) is 0 Å². The maximum atomic E-state index is 9.68. The van der Waals surface area contributed by atoms with Gasteiger partial charge in [0, 0.05) is 20.2 Å². The molecule has 0 spiro atoms. The van der Waals surface area contributed by atoms with Crippen molar-refractivity contribution in [1.82, 2.24) is 0 Å². The molecule has 4 heavy (non-hydrogen) atoms. The van der Waals surface area contributed by atoms with Crippen LogP contribution >= 0.6 is 0 Å². The highest BCUT2D eigenvalue weighted by atomic mass is 127. The van der Waals surface area contributed by atoms with E-state index in [1.165, 1.54) is 0 Å². The molecule has 0 saturated carbocycles. The van der Waals surface area contributed by atoms with Crippen molar-refractivity contribution in [2.24, 2.45) is 0 Å². The average Bonchev–Trinajstić information content (AvgIpc) is 0.811. The van der Waals surface area contributed by atoms with Gasteiger partial charge in [-0.2, -0.15) is 0 Å². The molecule has 0 N–H and O–H groups in total. The van der Waals surface area contributed by atoms with Crippen LogP contribution in [-0.2, 0) is 0 Å². The lowest BCUT2D eigenvalue weighted by molar-refractivity contribution is -1.28. The minimum atomic E-state index is -1.51. The summed E-state index contributed by atoms with van der Waals surface area (Å²) in [6.07, 6.45) is 0. The Hall–Kier alpha value is 0.690. The maximum absolute atomic E-state index is 9.68. The van der Waals surface area contributed by atoms with Crippen molar-refractivity contribution in [3.05, 3.63) is 0 Å². The van der Waals surface area contributed by atoms with Gasteiger partial charge in [-0.15, -0.1) is 0 Å². The molecule has 2 heteroatoms. The molecule has 0 atom stereocenters. The van der Waals surface area contributed by atoms with Gasteiger partial charge in [-0.3, -0.25) is 0 Å². The van der Waals surface area contributed by atoms with Crippen molar-refractivity contribution in [2.75, 3.05) is 9.86 Å². The number of alkyl halides is 2. The molecule has 0 bridgehead atoms. The Bertz CT molecular complexity index is 10.8. The molecular weight excluding hydrogens is 167 g/mol. The van der Waals surface area contributed by atoms with E-state index in [9.17, 15) is 3.44 Å². The number of hydrogen-bond donors (Lipinski definition) is 0. The first kappa shape index (κ1) is 4.69. The zero-order chi connectivity index (χ0) is 3.58. The molecule has 0 aromatic heterocycles. The highest BCUT2D eigenvalue weighted by Crippen LogP contribution is 0.490. The van der Waals surface area contributed by atoms with Crippen molar-refractivity contribution in [1.29, 1.82) is 0 Å². The van der Waals surface area contributed by atoms with E-state index >= 15 is 0 Å². The quantitative estimate of drug-likeness (QED) is 0.271. The summed E-state index contributed by atoms with van der Waals surface area (Å²) in [6.45, 7) is 0. The molecule has 0 rings (SSSR count). The highest BCUT2D eigenvalue weighted by molar-refractivity contribution is 3.40. The van der Waals surface area contributed by atoms with Crippen LogP contribution in [0.4, 0.5) is 0 Å². The summed E-state index contributed by atoms with van der Waals surface area (Å²) in [5.74, 6) is 0. The Morgan fingerprint density at radius 3 is 1.50 bits per heavy atom. The predicted octanol–water partition coefficient (Wildman–Crippen LogP) is -3.85. The topological polar surface area (TPSA) is 23.1 Å². The van der Waals surface area contributed by atoms with Gasteiger partial charge in [0.15, 0.2) is 0 Å². The van der Waals surface area contributed by atoms with E-state index in [1.54, 1.807) is 9.86 Å². The van der Waals surface area contributed by atoms with Gasteiger partial charge in [0.2, 0.25) is 0 Å². The second kappa shape index (κ2) is 1.96. The molecule has 0 aliphatic carbocycles. The number of rotatable bonds is 0. The third kappa shape index (κ3) is 16.1. The van der Waals surface area contributed by atoms with Gasteiger partial charge in [-0.1, -0.05) is 0 Å². The van der Waals surface area contributed by atoms with Crippen LogP contribution in [0, 0.1) is 0 Å². The zero-order valence-electron chi connectivity index (χ0n) is 2.79. The lowest BCUT2D eigenvalue weighted by atomic mass is 12.0. The van der Waals surface area contributed by atoms with Gasteiger partial charge in [0.1, 0.15) is 0 Å². The largest absolute Gasteiger partial charge is 0.633 e. The molecule has 0 aliphatic heterocycles. The Morgan fingerprint density at radius 2 is 1.50 bits per heavy atom. The maximum Gasteiger partial charge on any atom is 0.0900 e. The zero-order valence-corrected chi connectivity index (χ0v) is 4.94. The summed E-state index contributed by atoms with van der Waals surface area (Å²) in [7, 11) is 0. The van der Waals surface area contributed by atoms with Gasteiger partial charge in [0.25, 0.3) is 0 Å². The summed E-state index contributed by atoms with van der Waals surface area (Å²) in [6, 6.07) is 0. The first-order chi connectivity index (χ1) is 1.73. The number of halogens is 1. The van der Waals surface area contributed by atoms with Crippen molar-refractivity contribution in [3.63, 3.8) is 0 Å². The molecular formula is C2H6IO. The van der Waals surface area contributed by atoms with Crippen LogP contribution in [0.3, 0.4) is 0 Å². The second-order valence-electron chi connectivity index (χ2n) is 0.687. The van der Waals surface area contributed by atoms with Crippen molar-refractivity contribution in [3.8, 4) is 0 Å². The molecule has 0 fully saturated rings. The Labute approximate surface area is 34.0 Å². The molecule has 0 aromatic carbocycles. The van der Waals surface area contributed by atoms with Crippen LogP contribution in [0.1, 0.15) is 0 Å². The SMILES string of the molecule is C[I+](C)[O-]. The summed E-state index contributed by atoms with van der Waals surface area (Å²) in [4.78, 5) is 3.54. The molecule has 0 aromatic rings. The second-order valence-corrected chi connectivity index (χ2v) is 4.61. The first-order valence-electron chi connectivity index (χ1n) is 0.910. The molecule has 0 amide bonds. The van der Waals surface area contributed by atoms with E-state index in [2.05, 4.69) is 0 Å². The van der Waals surface area contributed by atoms with Crippen molar-refractivity contribution in [2.45, 2.75) is 0 Å². The van der Waals surface area contributed by atoms with E-state index in [1.807, 2.05) is 0 Å². The fourth-order valence-electron chi connectivity index (χ4n) is 0. The van der Waals surface area contributed by atoms with E-state index in [0.29, 0.717) is 0 Å². The third-order valence-electron chi connectivity index (χ3n) is 0. The first-order valence-corrected chi connectivity index (χ1v) is 6.11. The molecule has 0 saturated heterocycles. The molecule has 27 valence electrons. The van der Waals surface area contributed by atoms with Crippen LogP contribution in [0.2, 0.25) is 0 Å². The molecule has 0 heterocycles. The standard InChI is InChI=1S/C2H6IO/c1-3(2)4/h1-2H3. The van der Waals surface area contributed by atoms with Gasteiger partial charge in [-0.25, -0.2) is 0 Å². The van der Waals surface area contributed by atoms with E-state index in [4.69, 9.17) is 0 Å². The van der Waals surface area contributed by atoms with E-state index in [-0.39, 0.29) is 0 Å². The lowest BCUT2D eigenvalue weighted by Gasteiger charge is -1.85. The van der Waals surface area contributed by atoms with Crippen LogP contribution in [-0.4, -0.2) is 9.86 Å². The summed E-state index contributed by atoms with van der Waals surface area (Å²) < 4.78 is 9.68. The molecule has 0 aliphatic rings. The van der Waals surface area contributed by atoms with E-state index in [0.717, 1.165) is 0 Å².